The van der Waals surface area contributed by atoms with Crippen molar-refractivity contribution in [3.05, 3.63) is 40.9 Å². The Morgan fingerprint density at radius 2 is 1.70 bits per heavy atom. The van der Waals surface area contributed by atoms with Crippen LogP contribution in [0.1, 0.15) is 39.0 Å². The molecule has 0 bridgehead atoms. The van der Waals surface area contributed by atoms with Crippen LogP contribution in [0.4, 0.5) is 5.69 Å². The topological polar surface area (TPSA) is 12.0 Å². The SMILES string of the molecule is CC(Nc1ccc2cc(Br)ccc2c1)C1CCCCC1. The summed E-state index contributed by atoms with van der Waals surface area (Å²) >= 11 is 3.53. The third kappa shape index (κ3) is 3.17. The van der Waals surface area contributed by atoms with Gasteiger partial charge in [-0.15, -0.1) is 0 Å². The van der Waals surface area contributed by atoms with Crippen molar-refractivity contribution in [2.24, 2.45) is 5.92 Å². The largest absolute Gasteiger partial charge is 0.382 e. The zero-order valence-electron chi connectivity index (χ0n) is 12.0. The fourth-order valence-electron chi connectivity index (χ4n) is 3.32. The molecule has 0 radical (unpaired) electrons. The standard InChI is InChI=1S/C18H22BrN/c1-13(14-5-3-2-4-6-14)20-18-10-8-15-11-17(19)9-7-16(15)12-18/h7-14,20H,2-6H2,1H3. The smallest absolute Gasteiger partial charge is 0.0348 e. The Balaban J connectivity index is 1.75. The predicted molar refractivity (Wildman–Crippen MR) is 91.3 cm³/mol. The minimum absolute atomic E-state index is 0.572. The lowest BCUT2D eigenvalue weighted by Crippen LogP contribution is -2.27. The Bertz CT molecular complexity index is 587. The number of hydrogen-bond acceptors (Lipinski definition) is 1. The highest BCUT2D eigenvalue weighted by atomic mass is 79.9. The summed E-state index contributed by atoms with van der Waals surface area (Å²) in [6, 6.07) is 13.7. The van der Waals surface area contributed by atoms with Gasteiger partial charge in [0.1, 0.15) is 0 Å². The van der Waals surface area contributed by atoms with Gasteiger partial charge in [-0.25, -0.2) is 0 Å². The molecule has 2 heteroatoms. The number of fused-ring (bicyclic) bond motifs is 1. The monoisotopic (exact) mass is 331 g/mol. The lowest BCUT2D eigenvalue weighted by Gasteiger charge is -2.29. The van der Waals surface area contributed by atoms with Crippen LogP contribution in [0.5, 0.6) is 0 Å². The molecule has 1 unspecified atom stereocenters. The molecule has 20 heavy (non-hydrogen) atoms. The molecule has 0 spiro atoms. The van der Waals surface area contributed by atoms with E-state index in [1.165, 1.54) is 48.6 Å². The van der Waals surface area contributed by atoms with Gasteiger partial charge in [-0.05, 0) is 60.7 Å². The number of halogens is 1. The highest BCUT2D eigenvalue weighted by Gasteiger charge is 2.19. The van der Waals surface area contributed by atoms with Crippen LogP contribution >= 0.6 is 15.9 Å². The second kappa shape index (κ2) is 6.17. The van der Waals surface area contributed by atoms with Crippen LogP contribution in [0, 0.1) is 5.92 Å². The van der Waals surface area contributed by atoms with Crippen LogP contribution in [-0.4, -0.2) is 6.04 Å². The summed E-state index contributed by atoms with van der Waals surface area (Å²) in [5.74, 6) is 0.837. The van der Waals surface area contributed by atoms with Gasteiger partial charge in [-0.2, -0.15) is 0 Å². The van der Waals surface area contributed by atoms with Gasteiger partial charge in [-0.1, -0.05) is 47.3 Å². The molecule has 106 valence electrons. The van der Waals surface area contributed by atoms with Gasteiger partial charge in [0, 0.05) is 16.2 Å². The number of nitrogens with one attached hydrogen (secondary N) is 1. The van der Waals surface area contributed by atoms with Crippen LogP contribution in [0.2, 0.25) is 0 Å². The van der Waals surface area contributed by atoms with Crippen LogP contribution in [0.25, 0.3) is 10.8 Å². The van der Waals surface area contributed by atoms with E-state index in [1.807, 2.05) is 0 Å². The first-order valence-electron chi connectivity index (χ1n) is 7.68. The molecule has 1 saturated carbocycles. The second-order valence-electron chi connectivity index (χ2n) is 6.04. The van der Waals surface area contributed by atoms with Crippen molar-refractivity contribution in [1.82, 2.24) is 0 Å². The fourth-order valence-corrected chi connectivity index (χ4v) is 3.70. The Morgan fingerprint density at radius 1 is 1.00 bits per heavy atom. The number of rotatable bonds is 3. The van der Waals surface area contributed by atoms with Crippen LogP contribution in [-0.2, 0) is 0 Å². The molecule has 0 aliphatic heterocycles. The maximum Gasteiger partial charge on any atom is 0.0348 e. The lowest BCUT2D eigenvalue weighted by molar-refractivity contribution is 0.328. The molecule has 0 amide bonds. The minimum atomic E-state index is 0.572. The summed E-state index contributed by atoms with van der Waals surface area (Å²) in [6.45, 7) is 2.34. The molecular formula is C18H22BrN. The van der Waals surface area contributed by atoms with Crippen LogP contribution < -0.4 is 5.32 Å². The third-order valence-electron chi connectivity index (χ3n) is 4.55. The van der Waals surface area contributed by atoms with E-state index in [-0.39, 0.29) is 0 Å². The molecule has 0 saturated heterocycles. The quantitative estimate of drug-likeness (QED) is 0.729. The van der Waals surface area contributed by atoms with Gasteiger partial charge >= 0.3 is 0 Å². The summed E-state index contributed by atoms with van der Waals surface area (Å²) in [4.78, 5) is 0. The highest BCUT2D eigenvalue weighted by molar-refractivity contribution is 9.10. The Hall–Kier alpha value is -1.02. The van der Waals surface area contributed by atoms with E-state index >= 15 is 0 Å². The van der Waals surface area contributed by atoms with Crippen molar-refractivity contribution >= 4 is 32.4 Å². The van der Waals surface area contributed by atoms with Crippen LogP contribution in [0.3, 0.4) is 0 Å². The number of anilines is 1. The van der Waals surface area contributed by atoms with Gasteiger partial charge in [0.05, 0.1) is 0 Å². The average Bonchev–Trinajstić information content (AvgIpc) is 2.48. The van der Waals surface area contributed by atoms with Crippen molar-refractivity contribution in [3.63, 3.8) is 0 Å². The molecule has 1 nitrogen and oxygen atoms in total. The van der Waals surface area contributed by atoms with E-state index in [4.69, 9.17) is 0 Å². The van der Waals surface area contributed by atoms with E-state index in [0.29, 0.717) is 6.04 Å². The third-order valence-corrected chi connectivity index (χ3v) is 5.05. The van der Waals surface area contributed by atoms with Crippen LogP contribution in [0.15, 0.2) is 40.9 Å². The Labute approximate surface area is 129 Å². The maximum absolute atomic E-state index is 3.71. The fraction of sp³-hybridized carbons (Fsp3) is 0.444. The van der Waals surface area contributed by atoms with Gasteiger partial charge in [0.15, 0.2) is 0 Å². The first-order valence-corrected chi connectivity index (χ1v) is 8.47. The van der Waals surface area contributed by atoms with Crippen molar-refractivity contribution in [2.45, 2.75) is 45.1 Å². The van der Waals surface area contributed by atoms with Gasteiger partial charge in [0.2, 0.25) is 0 Å². The summed E-state index contributed by atoms with van der Waals surface area (Å²) in [6.07, 6.45) is 7.00. The summed E-state index contributed by atoms with van der Waals surface area (Å²) < 4.78 is 1.14. The summed E-state index contributed by atoms with van der Waals surface area (Å²) in [5, 5.41) is 6.29. The molecule has 1 fully saturated rings. The molecule has 1 N–H and O–H groups in total. The van der Waals surface area contributed by atoms with E-state index < -0.39 is 0 Å². The van der Waals surface area contributed by atoms with Crippen molar-refractivity contribution in [2.75, 3.05) is 5.32 Å². The van der Waals surface area contributed by atoms with Gasteiger partial charge in [0.25, 0.3) is 0 Å². The molecule has 0 heterocycles. The van der Waals surface area contributed by atoms with E-state index in [1.54, 1.807) is 0 Å². The number of benzene rings is 2. The van der Waals surface area contributed by atoms with Crippen molar-refractivity contribution in [1.29, 1.82) is 0 Å². The molecule has 1 aliphatic rings. The van der Waals surface area contributed by atoms with Gasteiger partial charge < -0.3 is 5.32 Å². The van der Waals surface area contributed by atoms with Gasteiger partial charge in [-0.3, -0.25) is 0 Å². The summed E-state index contributed by atoms with van der Waals surface area (Å²) in [5.41, 5.74) is 1.25. The molecule has 1 aliphatic carbocycles. The first kappa shape index (κ1) is 13.9. The first-order chi connectivity index (χ1) is 9.72. The molecule has 2 aromatic rings. The molecular weight excluding hydrogens is 310 g/mol. The zero-order valence-corrected chi connectivity index (χ0v) is 13.6. The van der Waals surface area contributed by atoms with E-state index in [9.17, 15) is 0 Å². The van der Waals surface area contributed by atoms with Crippen molar-refractivity contribution in [3.8, 4) is 0 Å². The van der Waals surface area contributed by atoms with E-state index in [2.05, 4.69) is 64.6 Å². The second-order valence-corrected chi connectivity index (χ2v) is 6.95. The lowest BCUT2D eigenvalue weighted by atomic mass is 9.84. The Kier molecular flexibility index (Phi) is 4.30. The van der Waals surface area contributed by atoms with E-state index in [0.717, 1.165) is 10.4 Å². The maximum atomic E-state index is 3.71. The summed E-state index contributed by atoms with van der Waals surface area (Å²) in [7, 11) is 0. The number of hydrogen-bond donors (Lipinski definition) is 1. The highest BCUT2D eigenvalue weighted by Crippen LogP contribution is 2.29. The van der Waals surface area contributed by atoms with Crippen molar-refractivity contribution < 1.29 is 0 Å². The molecule has 0 aromatic heterocycles. The average molecular weight is 332 g/mol. The normalized spacial score (nSPS) is 18.1. The minimum Gasteiger partial charge on any atom is -0.382 e. The molecule has 1 atom stereocenters. The predicted octanol–water partition coefficient (Wildman–Crippen LogP) is 5.98. The zero-order chi connectivity index (χ0) is 13.9. The molecule has 2 aromatic carbocycles. The Morgan fingerprint density at radius 3 is 2.50 bits per heavy atom. The molecule has 3 rings (SSSR count).